The predicted octanol–water partition coefficient (Wildman–Crippen LogP) is 15.2. The standard InChI is InChI=1S/C59H65BN2S/c1-36-30-49-52-50(31-36)62(48-35-45-44(58(11,12)28-29-59(45,13)14)34-42(48)37-18-16-15-17-19-37)47-26-22-40(57(8,9)10)33-46(47)60(52)54-53(43-32-39(56(5,6)7)23-27-51(43)63-54)61(49)41-24-20-38(21-25-41)55(2,3)4/h15-27,30-35H,28-29H2,1-14H3. The van der Waals surface area contributed by atoms with Gasteiger partial charge in [0.25, 0.3) is 6.71 Å². The molecule has 0 radical (unpaired) electrons. The van der Waals surface area contributed by atoms with E-state index < -0.39 is 0 Å². The highest BCUT2D eigenvalue weighted by atomic mass is 32.1. The molecule has 1 aliphatic carbocycles. The molecular weight excluding hydrogens is 780 g/mol. The third kappa shape index (κ3) is 6.72. The Balaban J connectivity index is 1.34. The Morgan fingerprint density at radius 1 is 0.540 bits per heavy atom. The molecular formula is C59H65BN2S. The largest absolute Gasteiger partial charge is 0.311 e. The van der Waals surface area contributed by atoms with Crippen LogP contribution in [-0.2, 0) is 27.1 Å². The minimum absolute atomic E-state index is 0.0209. The maximum atomic E-state index is 2.68. The van der Waals surface area contributed by atoms with E-state index in [1.807, 2.05) is 11.3 Å². The summed E-state index contributed by atoms with van der Waals surface area (Å²) in [5, 5.41) is 1.35. The molecule has 1 aromatic heterocycles. The van der Waals surface area contributed by atoms with Gasteiger partial charge in [-0.25, -0.2) is 0 Å². The average Bonchev–Trinajstić information content (AvgIpc) is 3.60. The molecule has 10 rings (SSSR count). The zero-order valence-corrected chi connectivity index (χ0v) is 41.1. The van der Waals surface area contributed by atoms with Crippen LogP contribution in [-0.4, -0.2) is 6.71 Å². The Morgan fingerprint density at radius 2 is 1.10 bits per heavy atom. The fourth-order valence-corrected chi connectivity index (χ4v) is 12.1. The maximum absolute atomic E-state index is 2.68. The summed E-state index contributed by atoms with van der Waals surface area (Å²) in [6.45, 7) is 33.3. The maximum Gasteiger partial charge on any atom is 0.264 e. The third-order valence-corrected chi connectivity index (χ3v) is 16.0. The van der Waals surface area contributed by atoms with E-state index in [2.05, 4.69) is 222 Å². The lowest BCUT2D eigenvalue weighted by molar-refractivity contribution is 0.332. The molecule has 0 atom stereocenters. The molecule has 0 spiro atoms. The molecule has 0 saturated carbocycles. The van der Waals surface area contributed by atoms with Crippen LogP contribution in [0.5, 0.6) is 0 Å². The number of aryl methyl sites for hydroxylation is 1. The first kappa shape index (κ1) is 41.9. The summed E-state index contributed by atoms with van der Waals surface area (Å²) >= 11 is 2.00. The highest BCUT2D eigenvalue weighted by Crippen LogP contribution is 2.54. The second-order valence-corrected chi connectivity index (χ2v) is 24.5. The van der Waals surface area contributed by atoms with Gasteiger partial charge in [-0.15, -0.1) is 11.3 Å². The van der Waals surface area contributed by atoms with Gasteiger partial charge in [0.05, 0.1) is 11.4 Å². The van der Waals surface area contributed by atoms with Crippen LogP contribution in [0.15, 0.2) is 115 Å². The van der Waals surface area contributed by atoms with Crippen molar-refractivity contribution in [3.05, 3.63) is 149 Å². The molecule has 2 nitrogen and oxygen atoms in total. The normalized spacial score (nSPS) is 16.4. The van der Waals surface area contributed by atoms with E-state index in [4.69, 9.17) is 0 Å². The minimum atomic E-state index is -0.0209. The molecule has 0 unspecified atom stereocenters. The van der Waals surface area contributed by atoms with Gasteiger partial charge in [-0.3, -0.25) is 0 Å². The zero-order valence-electron chi connectivity index (χ0n) is 40.3. The van der Waals surface area contributed by atoms with Gasteiger partial charge in [0.1, 0.15) is 0 Å². The number of nitrogens with zero attached hydrogens (tertiary/aromatic N) is 2. The Hall–Kier alpha value is -5.06. The van der Waals surface area contributed by atoms with Crippen LogP contribution in [0.25, 0.3) is 21.2 Å². The lowest BCUT2D eigenvalue weighted by Gasteiger charge is -2.46. The van der Waals surface area contributed by atoms with E-state index in [1.54, 1.807) is 0 Å². The van der Waals surface area contributed by atoms with Gasteiger partial charge in [0.2, 0.25) is 0 Å². The van der Waals surface area contributed by atoms with Crippen molar-refractivity contribution in [3.8, 4) is 11.1 Å². The van der Waals surface area contributed by atoms with E-state index in [0.29, 0.717) is 0 Å². The van der Waals surface area contributed by atoms with Crippen molar-refractivity contribution in [1.82, 2.24) is 0 Å². The SMILES string of the molecule is Cc1cc2c3c(c1)N(c1ccc(C(C)(C)C)cc1)c1c(sc4ccc(C(C)(C)C)cc14)B3c1cc(C(C)(C)C)ccc1N2c1cc2c(cc1-c1ccccc1)C(C)(C)CCC2(C)C. The first-order chi connectivity index (χ1) is 29.5. The van der Waals surface area contributed by atoms with Crippen molar-refractivity contribution < 1.29 is 0 Å². The summed E-state index contributed by atoms with van der Waals surface area (Å²) in [5.74, 6) is 0. The molecule has 3 aliphatic rings. The molecule has 3 heterocycles. The zero-order chi connectivity index (χ0) is 44.8. The summed E-state index contributed by atoms with van der Waals surface area (Å²) in [5.41, 5.74) is 21.5. The topological polar surface area (TPSA) is 6.48 Å². The Kier molecular flexibility index (Phi) is 9.30. The van der Waals surface area contributed by atoms with Gasteiger partial charge in [-0.1, -0.05) is 151 Å². The highest BCUT2D eigenvalue weighted by Gasteiger charge is 2.47. The molecule has 0 saturated heterocycles. The second-order valence-electron chi connectivity index (χ2n) is 23.5. The summed E-state index contributed by atoms with van der Waals surface area (Å²) in [4.78, 5) is 5.32. The molecule has 0 N–H and O–H groups in total. The highest BCUT2D eigenvalue weighted by molar-refractivity contribution is 7.33. The van der Waals surface area contributed by atoms with E-state index >= 15 is 0 Å². The Labute approximate surface area is 382 Å². The van der Waals surface area contributed by atoms with Gasteiger partial charge >= 0.3 is 0 Å². The van der Waals surface area contributed by atoms with Gasteiger partial charge in [-0.2, -0.15) is 0 Å². The fourth-order valence-electron chi connectivity index (χ4n) is 10.8. The van der Waals surface area contributed by atoms with Crippen LogP contribution in [0.2, 0.25) is 0 Å². The summed E-state index contributed by atoms with van der Waals surface area (Å²) < 4.78 is 2.77. The van der Waals surface area contributed by atoms with Gasteiger partial charge < -0.3 is 9.80 Å². The third-order valence-electron chi connectivity index (χ3n) is 14.8. The van der Waals surface area contributed by atoms with Gasteiger partial charge in [-0.05, 0) is 151 Å². The van der Waals surface area contributed by atoms with Crippen LogP contribution < -0.4 is 25.5 Å². The second kappa shape index (κ2) is 14.0. The number of rotatable bonds is 3. The minimum Gasteiger partial charge on any atom is -0.311 e. The van der Waals surface area contributed by atoms with Crippen LogP contribution in [0.3, 0.4) is 0 Å². The lowest BCUT2D eigenvalue weighted by Crippen LogP contribution is -2.60. The molecule has 0 amide bonds. The van der Waals surface area contributed by atoms with Crippen LogP contribution in [0.4, 0.5) is 34.1 Å². The smallest absolute Gasteiger partial charge is 0.264 e. The molecule has 2 aliphatic heterocycles. The molecule has 6 aromatic carbocycles. The summed E-state index contributed by atoms with van der Waals surface area (Å²) in [7, 11) is 0. The number of hydrogen-bond donors (Lipinski definition) is 0. The number of anilines is 6. The number of hydrogen-bond acceptors (Lipinski definition) is 3. The molecule has 0 bridgehead atoms. The summed E-state index contributed by atoms with van der Waals surface area (Å²) in [6.07, 6.45) is 2.34. The average molecular weight is 845 g/mol. The molecule has 63 heavy (non-hydrogen) atoms. The van der Waals surface area contributed by atoms with E-state index in [1.165, 1.54) is 117 Å². The quantitative estimate of drug-likeness (QED) is 0.164. The van der Waals surface area contributed by atoms with E-state index in [0.717, 1.165) is 0 Å². The lowest BCUT2D eigenvalue weighted by atomic mass is 9.36. The predicted molar refractivity (Wildman–Crippen MR) is 277 cm³/mol. The first-order valence-electron chi connectivity index (χ1n) is 23.3. The number of thiophene rings is 1. The monoisotopic (exact) mass is 844 g/mol. The number of fused-ring (bicyclic) bond motifs is 7. The van der Waals surface area contributed by atoms with Gasteiger partial charge in [0, 0.05) is 43.2 Å². The molecule has 4 heteroatoms. The van der Waals surface area contributed by atoms with Crippen LogP contribution >= 0.6 is 11.3 Å². The van der Waals surface area contributed by atoms with Crippen LogP contribution in [0, 0.1) is 6.92 Å². The Morgan fingerprint density at radius 3 is 1.71 bits per heavy atom. The molecule has 7 aromatic rings. The van der Waals surface area contributed by atoms with Crippen molar-refractivity contribution in [2.75, 3.05) is 9.80 Å². The van der Waals surface area contributed by atoms with E-state index in [-0.39, 0.29) is 33.8 Å². The van der Waals surface area contributed by atoms with Crippen molar-refractivity contribution in [3.63, 3.8) is 0 Å². The van der Waals surface area contributed by atoms with Crippen molar-refractivity contribution >= 4 is 78.0 Å². The van der Waals surface area contributed by atoms with E-state index in [9.17, 15) is 0 Å². The van der Waals surface area contributed by atoms with Crippen molar-refractivity contribution in [2.24, 2.45) is 0 Å². The fraction of sp³-hybridized carbons (Fsp3) is 0.356. The van der Waals surface area contributed by atoms with Crippen LogP contribution in [0.1, 0.15) is 136 Å². The van der Waals surface area contributed by atoms with Gasteiger partial charge in [0.15, 0.2) is 0 Å². The summed E-state index contributed by atoms with van der Waals surface area (Å²) in [6, 6.07) is 45.6. The molecule has 0 fully saturated rings. The molecule has 320 valence electrons. The Bertz CT molecular complexity index is 2960. The van der Waals surface area contributed by atoms with Crippen molar-refractivity contribution in [1.29, 1.82) is 0 Å². The number of benzene rings is 6. The first-order valence-corrected chi connectivity index (χ1v) is 24.2. The van der Waals surface area contributed by atoms with Crippen molar-refractivity contribution in [2.45, 2.75) is 137 Å².